The van der Waals surface area contributed by atoms with Crippen molar-refractivity contribution in [3.05, 3.63) is 95.3 Å². The lowest BCUT2D eigenvalue weighted by atomic mass is 9.73. The molecule has 30 heavy (non-hydrogen) atoms. The van der Waals surface area contributed by atoms with Crippen molar-refractivity contribution < 1.29 is 14.6 Å². The SMILES string of the molecule is OC(c1ccccc1)(c1ccccc1)c1ncc(C2(O)CN3CCC2CC3)nc1F. The van der Waals surface area contributed by atoms with Crippen molar-refractivity contribution >= 4 is 0 Å². The summed E-state index contributed by atoms with van der Waals surface area (Å²) >= 11 is 0. The summed E-state index contributed by atoms with van der Waals surface area (Å²) in [5.41, 5.74) is -1.94. The molecule has 0 amide bonds. The Hall–Kier alpha value is -2.67. The highest BCUT2D eigenvalue weighted by Gasteiger charge is 2.48. The second-order valence-corrected chi connectivity index (χ2v) is 8.31. The number of aromatic nitrogens is 2. The zero-order valence-electron chi connectivity index (χ0n) is 16.6. The van der Waals surface area contributed by atoms with E-state index in [4.69, 9.17) is 0 Å². The molecule has 154 valence electrons. The van der Waals surface area contributed by atoms with E-state index in [1.54, 1.807) is 48.5 Å². The normalized spacial score (nSPS) is 26.0. The number of rotatable bonds is 4. The maximum Gasteiger partial charge on any atom is 0.238 e. The van der Waals surface area contributed by atoms with E-state index < -0.39 is 17.1 Å². The highest BCUT2D eigenvalue weighted by molar-refractivity contribution is 5.44. The van der Waals surface area contributed by atoms with Crippen molar-refractivity contribution in [3.63, 3.8) is 0 Å². The molecule has 1 unspecified atom stereocenters. The molecule has 3 aliphatic rings. The van der Waals surface area contributed by atoms with Crippen molar-refractivity contribution in [3.8, 4) is 0 Å². The van der Waals surface area contributed by atoms with Crippen molar-refractivity contribution in [1.82, 2.24) is 14.9 Å². The first kappa shape index (κ1) is 19.3. The molecule has 4 heterocycles. The molecule has 6 rings (SSSR count). The summed E-state index contributed by atoms with van der Waals surface area (Å²) in [5.74, 6) is -0.822. The average Bonchev–Trinajstić information content (AvgIpc) is 2.80. The van der Waals surface area contributed by atoms with Crippen LogP contribution in [0.5, 0.6) is 0 Å². The second kappa shape index (κ2) is 7.23. The van der Waals surface area contributed by atoms with Gasteiger partial charge >= 0.3 is 0 Å². The van der Waals surface area contributed by atoms with Gasteiger partial charge in [0.1, 0.15) is 11.3 Å². The van der Waals surface area contributed by atoms with Gasteiger partial charge in [0.05, 0.1) is 11.9 Å². The van der Waals surface area contributed by atoms with Crippen LogP contribution >= 0.6 is 0 Å². The van der Waals surface area contributed by atoms with Crippen LogP contribution in [0.1, 0.15) is 35.4 Å². The summed E-state index contributed by atoms with van der Waals surface area (Å²) < 4.78 is 15.4. The number of hydrogen-bond acceptors (Lipinski definition) is 5. The molecule has 0 aliphatic carbocycles. The van der Waals surface area contributed by atoms with Gasteiger partial charge in [-0.3, -0.25) is 4.98 Å². The third kappa shape index (κ3) is 2.95. The Morgan fingerprint density at radius 1 is 0.967 bits per heavy atom. The second-order valence-electron chi connectivity index (χ2n) is 8.31. The van der Waals surface area contributed by atoms with Crippen molar-refractivity contribution in [2.45, 2.75) is 24.0 Å². The fraction of sp³-hybridized carbons (Fsp3) is 0.333. The summed E-state index contributed by atoms with van der Waals surface area (Å²) in [4.78, 5) is 10.7. The monoisotopic (exact) mass is 405 g/mol. The van der Waals surface area contributed by atoms with E-state index in [2.05, 4.69) is 14.9 Å². The van der Waals surface area contributed by atoms with Gasteiger partial charge in [0, 0.05) is 6.54 Å². The van der Waals surface area contributed by atoms with Crippen LogP contribution in [-0.4, -0.2) is 44.7 Å². The Morgan fingerprint density at radius 3 is 2.00 bits per heavy atom. The Kier molecular flexibility index (Phi) is 4.65. The molecule has 1 aromatic heterocycles. The van der Waals surface area contributed by atoms with Crippen LogP contribution in [0.4, 0.5) is 4.39 Å². The van der Waals surface area contributed by atoms with E-state index >= 15 is 4.39 Å². The largest absolute Gasteiger partial charge is 0.382 e. The van der Waals surface area contributed by atoms with Gasteiger partial charge in [-0.25, -0.2) is 4.98 Å². The maximum atomic E-state index is 15.4. The number of halogens is 1. The zero-order chi connectivity index (χ0) is 20.8. The predicted octanol–water partition coefficient (Wildman–Crippen LogP) is 2.81. The van der Waals surface area contributed by atoms with Gasteiger partial charge in [0.15, 0.2) is 5.60 Å². The van der Waals surface area contributed by atoms with Crippen LogP contribution in [0.25, 0.3) is 0 Å². The van der Waals surface area contributed by atoms with E-state index in [1.165, 1.54) is 6.20 Å². The van der Waals surface area contributed by atoms with E-state index in [-0.39, 0.29) is 17.3 Å². The minimum Gasteiger partial charge on any atom is -0.382 e. The quantitative estimate of drug-likeness (QED) is 0.699. The lowest BCUT2D eigenvalue weighted by molar-refractivity contribution is -0.121. The molecule has 3 saturated heterocycles. The van der Waals surface area contributed by atoms with Gasteiger partial charge < -0.3 is 15.1 Å². The fourth-order valence-corrected chi connectivity index (χ4v) is 4.95. The van der Waals surface area contributed by atoms with Crippen LogP contribution in [-0.2, 0) is 11.2 Å². The number of piperidine rings is 3. The molecular weight excluding hydrogens is 381 g/mol. The predicted molar refractivity (Wildman–Crippen MR) is 110 cm³/mol. The summed E-state index contributed by atoms with van der Waals surface area (Å²) in [5, 5.41) is 23.1. The molecule has 1 atom stereocenters. The molecule has 3 aliphatic heterocycles. The molecule has 0 radical (unpaired) electrons. The number of hydrogen-bond donors (Lipinski definition) is 2. The van der Waals surface area contributed by atoms with E-state index in [0.717, 1.165) is 25.9 Å². The van der Waals surface area contributed by atoms with Gasteiger partial charge in [0.2, 0.25) is 5.95 Å². The fourth-order valence-electron chi connectivity index (χ4n) is 4.95. The Labute approximate surface area is 174 Å². The lowest BCUT2D eigenvalue weighted by Gasteiger charge is -2.49. The standard InChI is InChI=1S/C24H24FN3O2/c25-22-21(24(30,18-7-3-1-4-8-18)19-9-5-2-6-10-19)26-15-20(27-22)23(29)16-28-13-11-17(23)12-14-28/h1-10,15,17,29-30H,11-14,16H2. The minimum atomic E-state index is -1.80. The van der Waals surface area contributed by atoms with E-state index in [1.807, 2.05) is 12.1 Å². The number of nitrogens with zero attached hydrogens (tertiary/aromatic N) is 3. The van der Waals surface area contributed by atoms with Crippen molar-refractivity contribution in [2.24, 2.45) is 5.92 Å². The molecule has 2 N–H and O–H groups in total. The Morgan fingerprint density at radius 2 is 1.53 bits per heavy atom. The first-order valence-corrected chi connectivity index (χ1v) is 10.3. The van der Waals surface area contributed by atoms with Crippen molar-refractivity contribution in [2.75, 3.05) is 19.6 Å². The Balaban J connectivity index is 1.62. The molecule has 5 nitrogen and oxygen atoms in total. The molecule has 3 aromatic rings. The zero-order valence-corrected chi connectivity index (χ0v) is 16.6. The van der Waals surface area contributed by atoms with Gasteiger partial charge in [-0.05, 0) is 43.0 Å². The molecule has 2 aromatic carbocycles. The number of fused-ring (bicyclic) bond motifs is 3. The topological polar surface area (TPSA) is 69.5 Å². The van der Waals surface area contributed by atoms with E-state index in [9.17, 15) is 10.2 Å². The van der Waals surface area contributed by atoms with Gasteiger partial charge in [-0.2, -0.15) is 4.39 Å². The molecule has 2 bridgehead atoms. The summed E-state index contributed by atoms with van der Waals surface area (Å²) in [6, 6.07) is 17.8. The molecule has 3 fully saturated rings. The Bertz CT molecular complexity index is 999. The molecule has 0 saturated carbocycles. The van der Waals surface area contributed by atoms with Crippen LogP contribution in [0, 0.1) is 11.9 Å². The van der Waals surface area contributed by atoms with Crippen LogP contribution in [0.2, 0.25) is 0 Å². The summed E-state index contributed by atoms with van der Waals surface area (Å²) in [6.07, 6.45) is 3.15. The van der Waals surface area contributed by atoms with Gasteiger partial charge in [-0.15, -0.1) is 0 Å². The minimum absolute atomic E-state index is 0.0455. The highest BCUT2D eigenvalue weighted by Crippen LogP contribution is 2.42. The molecule has 6 heteroatoms. The smallest absolute Gasteiger partial charge is 0.238 e. The average molecular weight is 405 g/mol. The third-order valence-electron chi connectivity index (χ3n) is 6.63. The highest BCUT2D eigenvalue weighted by atomic mass is 19.1. The van der Waals surface area contributed by atoms with Crippen LogP contribution < -0.4 is 0 Å². The lowest BCUT2D eigenvalue weighted by Crippen LogP contribution is -2.57. The maximum absolute atomic E-state index is 15.4. The molecular formula is C24H24FN3O2. The van der Waals surface area contributed by atoms with Crippen molar-refractivity contribution in [1.29, 1.82) is 0 Å². The van der Waals surface area contributed by atoms with Gasteiger partial charge in [-0.1, -0.05) is 60.7 Å². The van der Waals surface area contributed by atoms with Crippen LogP contribution in [0.15, 0.2) is 66.9 Å². The summed E-state index contributed by atoms with van der Waals surface area (Å²) in [7, 11) is 0. The first-order valence-electron chi connectivity index (χ1n) is 10.3. The van der Waals surface area contributed by atoms with Gasteiger partial charge in [0.25, 0.3) is 0 Å². The summed E-state index contributed by atoms with van der Waals surface area (Å²) in [6.45, 7) is 2.33. The number of benzene rings is 2. The molecule has 0 spiro atoms. The third-order valence-corrected chi connectivity index (χ3v) is 6.63. The van der Waals surface area contributed by atoms with E-state index in [0.29, 0.717) is 17.7 Å². The first-order chi connectivity index (χ1) is 14.5. The van der Waals surface area contributed by atoms with Crippen LogP contribution in [0.3, 0.4) is 0 Å². The number of aliphatic hydroxyl groups is 2.